The average Bonchev–Trinajstić information content (AvgIpc) is 2.76. The predicted octanol–water partition coefficient (Wildman–Crippen LogP) is 2.86. The minimum Gasteiger partial charge on any atom is -0.369 e. The number of anilines is 2. The van der Waals surface area contributed by atoms with E-state index in [0.717, 1.165) is 12.1 Å². The zero-order valence-corrected chi connectivity index (χ0v) is 11.5. The minimum absolute atomic E-state index is 0.0502. The van der Waals surface area contributed by atoms with Gasteiger partial charge in [-0.2, -0.15) is 18.2 Å². The SMILES string of the molecule is Nc1nc(-c2cc(Cl)cc(C(F)(F)F)c2)c2nc(N)[nH]c2n1. The molecule has 0 fully saturated rings. The number of alkyl halides is 3. The number of halogens is 4. The zero-order chi connectivity index (χ0) is 16.1. The summed E-state index contributed by atoms with van der Waals surface area (Å²) in [5.74, 6) is -0.0751. The van der Waals surface area contributed by atoms with E-state index in [0.29, 0.717) is 0 Å². The average molecular weight is 329 g/mol. The molecule has 0 bridgehead atoms. The van der Waals surface area contributed by atoms with Gasteiger partial charge in [0, 0.05) is 10.6 Å². The molecule has 0 amide bonds. The molecular weight excluding hydrogens is 321 g/mol. The van der Waals surface area contributed by atoms with Crippen LogP contribution >= 0.6 is 11.6 Å². The number of rotatable bonds is 1. The van der Waals surface area contributed by atoms with E-state index in [1.165, 1.54) is 6.07 Å². The summed E-state index contributed by atoms with van der Waals surface area (Å²) in [5.41, 5.74) is 10.9. The fraction of sp³-hybridized carbons (Fsp3) is 0.0833. The summed E-state index contributed by atoms with van der Waals surface area (Å²) < 4.78 is 38.7. The van der Waals surface area contributed by atoms with Crippen molar-refractivity contribution in [2.24, 2.45) is 0 Å². The first-order valence-electron chi connectivity index (χ1n) is 5.91. The second kappa shape index (κ2) is 4.73. The quantitative estimate of drug-likeness (QED) is 0.636. The number of hydrogen-bond donors (Lipinski definition) is 3. The van der Waals surface area contributed by atoms with Crippen LogP contribution < -0.4 is 11.5 Å². The maximum absolute atomic E-state index is 12.9. The molecule has 2 aromatic heterocycles. The van der Waals surface area contributed by atoms with E-state index in [2.05, 4.69) is 19.9 Å². The standard InChI is InChI=1S/C12H8ClF3N6/c13-6-2-4(1-5(3-6)12(14,15)16)7-8-9(21-10(17)19-7)22-11(18)20-8/h1-3H,(H5,17,18,19,20,21,22). The minimum atomic E-state index is -4.54. The number of hydrogen-bond acceptors (Lipinski definition) is 5. The van der Waals surface area contributed by atoms with Gasteiger partial charge >= 0.3 is 6.18 Å². The molecular formula is C12H8ClF3N6. The molecule has 3 aromatic rings. The Morgan fingerprint density at radius 3 is 2.45 bits per heavy atom. The highest BCUT2D eigenvalue weighted by Crippen LogP contribution is 2.35. The van der Waals surface area contributed by atoms with E-state index in [9.17, 15) is 13.2 Å². The molecule has 6 nitrogen and oxygen atoms in total. The Balaban J connectivity index is 2.30. The van der Waals surface area contributed by atoms with E-state index in [4.69, 9.17) is 23.1 Å². The summed E-state index contributed by atoms with van der Waals surface area (Å²) in [5, 5.41) is -0.0846. The largest absolute Gasteiger partial charge is 0.416 e. The smallest absolute Gasteiger partial charge is 0.369 e. The monoisotopic (exact) mass is 328 g/mol. The van der Waals surface area contributed by atoms with Crippen molar-refractivity contribution in [1.82, 2.24) is 19.9 Å². The number of nitrogens with two attached hydrogens (primary N) is 2. The van der Waals surface area contributed by atoms with Crippen LogP contribution in [0.5, 0.6) is 0 Å². The summed E-state index contributed by atoms with van der Waals surface area (Å²) in [6, 6.07) is 3.08. The number of nitrogens with one attached hydrogen (secondary N) is 1. The summed E-state index contributed by atoms with van der Waals surface area (Å²) in [6.45, 7) is 0. The normalized spacial score (nSPS) is 12.0. The van der Waals surface area contributed by atoms with Gasteiger partial charge in [-0.25, -0.2) is 9.97 Å². The summed E-state index contributed by atoms with van der Waals surface area (Å²) in [7, 11) is 0. The molecule has 0 saturated carbocycles. The van der Waals surface area contributed by atoms with Crippen LogP contribution in [0.1, 0.15) is 5.56 Å². The molecule has 0 aliphatic carbocycles. The van der Waals surface area contributed by atoms with E-state index in [1.807, 2.05) is 0 Å². The van der Waals surface area contributed by atoms with Gasteiger partial charge in [0.05, 0.1) is 5.56 Å². The fourth-order valence-electron chi connectivity index (χ4n) is 2.03. The van der Waals surface area contributed by atoms with Gasteiger partial charge in [-0.3, -0.25) is 0 Å². The first-order chi connectivity index (χ1) is 10.2. The van der Waals surface area contributed by atoms with Gasteiger partial charge in [0.2, 0.25) is 5.95 Å². The number of fused-ring (bicyclic) bond motifs is 1. The van der Waals surface area contributed by atoms with Gasteiger partial charge < -0.3 is 16.5 Å². The first kappa shape index (κ1) is 14.4. The molecule has 2 heterocycles. The van der Waals surface area contributed by atoms with E-state index in [1.54, 1.807) is 0 Å². The highest BCUT2D eigenvalue weighted by Gasteiger charge is 2.31. The molecule has 0 unspecified atom stereocenters. The van der Waals surface area contributed by atoms with E-state index >= 15 is 0 Å². The molecule has 22 heavy (non-hydrogen) atoms. The van der Waals surface area contributed by atoms with E-state index in [-0.39, 0.29) is 39.3 Å². The van der Waals surface area contributed by atoms with Crippen LogP contribution in [0.3, 0.4) is 0 Å². The topological polar surface area (TPSA) is 106 Å². The van der Waals surface area contributed by atoms with Crippen LogP contribution in [-0.4, -0.2) is 19.9 Å². The third-order valence-electron chi connectivity index (χ3n) is 2.88. The molecule has 5 N–H and O–H groups in total. The number of aromatic nitrogens is 4. The van der Waals surface area contributed by atoms with Crippen molar-refractivity contribution >= 4 is 34.7 Å². The van der Waals surface area contributed by atoms with Crippen LogP contribution in [-0.2, 0) is 6.18 Å². The fourth-order valence-corrected chi connectivity index (χ4v) is 2.26. The zero-order valence-electron chi connectivity index (χ0n) is 10.7. The van der Waals surface area contributed by atoms with Crippen LogP contribution in [0, 0.1) is 0 Å². The maximum atomic E-state index is 12.9. The number of nitrogen functional groups attached to an aromatic ring is 2. The number of imidazole rings is 1. The Morgan fingerprint density at radius 2 is 1.77 bits per heavy atom. The lowest BCUT2D eigenvalue weighted by atomic mass is 10.1. The Hall–Kier alpha value is -2.55. The van der Waals surface area contributed by atoms with Crippen LogP contribution in [0.2, 0.25) is 5.02 Å². The van der Waals surface area contributed by atoms with Gasteiger partial charge in [0.1, 0.15) is 11.2 Å². The van der Waals surface area contributed by atoms with E-state index < -0.39 is 11.7 Å². The molecule has 10 heteroatoms. The Morgan fingerprint density at radius 1 is 1.05 bits per heavy atom. The van der Waals surface area contributed by atoms with Gasteiger partial charge in [-0.05, 0) is 18.2 Å². The lowest BCUT2D eigenvalue weighted by Gasteiger charge is -2.10. The second-order valence-corrected chi connectivity index (χ2v) is 4.91. The van der Waals surface area contributed by atoms with Crippen LogP contribution in [0.15, 0.2) is 18.2 Å². The first-order valence-corrected chi connectivity index (χ1v) is 6.28. The number of aromatic amines is 1. The number of benzene rings is 1. The Bertz CT molecular complexity index is 873. The van der Waals surface area contributed by atoms with Crippen LogP contribution in [0.4, 0.5) is 25.1 Å². The van der Waals surface area contributed by atoms with Crippen molar-refractivity contribution in [2.75, 3.05) is 11.5 Å². The van der Waals surface area contributed by atoms with Crippen molar-refractivity contribution in [1.29, 1.82) is 0 Å². The third-order valence-corrected chi connectivity index (χ3v) is 3.10. The van der Waals surface area contributed by atoms with Gasteiger partial charge in [-0.15, -0.1) is 0 Å². The van der Waals surface area contributed by atoms with Crippen molar-refractivity contribution in [3.8, 4) is 11.3 Å². The second-order valence-electron chi connectivity index (χ2n) is 4.48. The lowest BCUT2D eigenvalue weighted by Crippen LogP contribution is -2.05. The van der Waals surface area contributed by atoms with Gasteiger partial charge in [0.25, 0.3) is 0 Å². The lowest BCUT2D eigenvalue weighted by molar-refractivity contribution is -0.137. The Labute approximate surface area is 126 Å². The molecule has 0 aliphatic rings. The summed E-state index contributed by atoms with van der Waals surface area (Å²) in [6.07, 6.45) is -4.54. The molecule has 1 aromatic carbocycles. The summed E-state index contributed by atoms with van der Waals surface area (Å²) in [4.78, 5) is 14.5. The number of H-pyrrole nitrogens is 1. The molecule has 114 valence electrons. The van der Waals surface area contributed by atoms with Gasteiger partial charge in [-0.1, -0.05) is 11.6 Å². The Kier molecular flexibility index (Phi) is 3.10. The van der Waals surface area contributed by atoms with Crippen molar-refractivity contribution < 1.29 is 13.2 Å². The number of nitrogens with zero attached hydrogens (tertiary/aromatic N) is 3. The highest BCUT2D eigenvalue weighted by molar-refractivity contribution is 6.31. The molecule has 3 rings (SSSR count). The predicted molar refractivity (Wildman–Crippen MR) is 76.0 cm³/mol. The molecule has 0 atom stereocenters. The van der Waals surface area contributed by atoms with Crippen LogP contribution in [0.25, 0.3) is 22.4 Å². The molecule has 0 spiro atoms. The van der Waals surface area contributed by atoms with Crippen molar-refractivity contribution in [2.45, 2.75) is 6.18 Å². The van der Waals surface area contributed by atoms with Gasteiger partial charge in [0.15, 0.2) is 11.6 Å². The third kappa shape index (κ3) is 2.50. The van der Waals surface area contributed by atoms with Crippen molar-refractivity contribution in [3.63, 3.8) is 0 Å². The maximum Gasteiger partial charge on any atom is 0.416 e. The molecule has 0 radical (unpaired) electrons. The molecule has 0 saturated heterocycles. The highest BCUT2D eigenvalue weighted by atomic mass is 35.5. The molecule has 0 aliphatic heterocycles. The van der Waals surface area contributed by atoms with Crippen molar-refractivity contribution in [3.05, 3.63) is 28.8 Å². The summed E-state index contributed by atoms with van der Waals surface area (Å²) >= 11 is 5.77.